The van der Waals surface area contributed by atoms with Crippen molar-refractivity contribution in [3.05, 3.63) is 69.0 Å². The van der Waals surface area contributed by atoms with Crippen molar-refractivity contribution in [2.75, 3.05) is 11.9 Å². The summed E-state index contributed by atoms with van der Waals surface area (Å²) in [7, 11) is 0. The molecule has 3 rings (SSSR count). The molecular formula is C20H14BrF2NO5S. The van der Waals surface area contributed by atoms with Crippen LogP contribution in [0.4, 0.5) is 14.5 Å². The van der Waals surface area contributed by atoms with E-state index in [-0.39, 0.29) is 22.9 Å². The van der Waals surface area contributed by atoms with Gasteiger partial charge in [-0.3, -0.25) is 0 Å². The SMILES string of the molecule is O=C(O)COc1c(C(=O)O)sc(-c2cccc(CNc3cc(F)cc(F)c3)c2)c1Br. The maximum atomic E-state index is 13.3. The fraction of sp³-hybridized carbons (Fsp3) is 0.100. The minimum atomic E-state index is -1.24. The molecule has 3 N–H and O–H groups in total. The van der Waals surface area contributed by atoms with E-state index in [0.29, 0.717) is 14.9 Å². The smallest absolute Gasteiger partial charge is 0.349 e. The summed E-state index contributed by atoms with van der Waals surface area (Å²) in [6.45, 7) is -0.406. The molecule has 0 unspecified atom stereocenters. The predicted molar refractivity (Wildman–Crippen MR) is 111 cm³/mol. The Bertz CT molecular complexity index is 1100. The van der Waals surface area contributed by atoms with Gasteiger partial charge in [0.15, 0.2) is 17.2 Å². The second kappa shape index (κ2) is 9.23. The number of aromatic carboxylic acids is 1. The van der Waals surface area contributed by atoms with E-state index in [4.69, 9.17) is 9.84 Å². The molecule has 0 saturated heterocycles. The number of aliphatic carboxylic acids is 1. The van der Waals surface area contributed by atoms with Gasteiger partial charge < -0.3 is 20.3 Å². The first kappa shape index (κ1) is 21.7. The Morgan fingerprint density at radius 3 is 2.43 bits per heavy atom. The van der Waals surface area contributed by atoms with Gasteiger partial charge in [-0.2, -0.15) is 0 Å². The van der Waals surface area contributed by atoms with Crippen LogP contribution in [0, 0.1) is 11.6 Å². The van der Waals surface area contributed by atoms with Crippen LogP contribution in [0.3, 0.4) is 0 Å². The molecule has 10 heteroatoms. The Kier molecular flexibility index (Phi) is 6.68. The maximum Gasteiger partial charge on any atom is 0.349 e. The number of carboxylic acid groups (broad SMARTS) is 2. The quantitative estimate of drug-likeness (QED) is 0.394. The predicted octanol–water partition coefficient (Wildman–Crippen LogP) is 5.23. The molecule has 156 valence electrons. The van der Waals surface area contributed by atoms with Crippen molar-refractivity contribution in [1.29, 1.82) is 0 Å². The number of rotatable bonds is 8. The lowest BCUT2D eigenvalue weighted by Crippen LogP contribution is -2.11. The van der Waals surface area contributed by atoms with E-state index in [1.165, 1.54) is 12.1 Å². The fourth-order valence-corrected chi connectivity index (χ4v) is 4.56. The number of hydrogen-bond acceptors (Lipinski definition) is 5. The molecule has 3 aromatic rings. The third kappa shape index (κ3) is 5.14. The molecule has 0 radical (unpaired) electrons. The third-order valence-electron chi connectivity index (χ3n) is 3.89. The number of carbonyl (C=O) groups is 2. The van der Waals surface area contributed by atoms with Crippen molar-refractivity contribution in [2.24, 2.45) is 0 Å². The normalized spacial score (nSPS) is 10.6. The summed E-state index contributed by atoms with van der Waals surface area (Å²) in [6.07, 6.45) is 0. The molecular weight excluding hydrogens is 484 g/mol. The number of benzene rings is 2. The number of anilines is 1. The minimum absolute atomic E-state index is 0.0522. The van der Waals surface area contributed by atoms with E-state index in [2.05, 4.69) is 21.2 Å². The maximum absolute atomic E-state index is 13.3. The second-order valence-corrected chi connectivity index (χ2v) is 7.92. The molecule has 1 aromatic heterocycles. The molecule has 6 nitrogen and oxygen atoms in total. The number of ether oxygens (including phenoxy) is 1. The van der Waals surface area contributed by atoms with E-state index >= 15 is 0 Å². The van der Waals surface area contributed by atoms with Crippen LogP contribution in [0.25, 0.3) is 10.4 Å². The molecule has 0 aliphatic carbocycles. The van der Waals surface area contributed by atoms with Gasteiger partial charge in [0.2, 0.25) is 0 Å². The first-order chi connectivity index (χ1) is 14.2. The van der Waals surface area contributed by atoms with Gasteiger partial charge >= 0.3 is 11.9 Å². The van der Waals surface area contributed by atoms with Crippen molar-refractivity contribution in [1.82, 2.24) is 0 Å². The average molecular weight is 498 g/mol. The summed E-state index contributed by atoms with van der Waals surface area (Å²) in [5.74, 6) is -3.90. The molecule has 0 spiro atoms. The van der Waals surface area contributed by atoms with E-state index < -0.39 is 30.2 Å². The van der Waals surface area contributed by atoms with Gasteiger partial charge in [0.1, 0.15) is 11.6 Å². The van der Waals surface area contributed by atoms with Crippen LogP contribution in [0.15, 0.2) is 46.9 Å². The number of thiophene rings is 1. The minimum Gasteiger partial charge on any atom is -0.479 e. The number of hydrogen-bond donors (Lipinski definition) is 3. The van der Waals surface area contributed by atoms with Gasteiger partial charge in [0.05, 0.1) is 9.35 Å². The largest absolute Gasteiger partial charge is 0.479 e. The molecule has 0 aliphatic rings. The Labute approximate surface area is 181 Å². The van der Waals surface area contributed by atoms with E-state index in [0.717, 1.165) is 23.0 Å². The van der Waals surface area contributed by atoms with E-state index in [1.807, 2.05) is 0 Å². The third-order valence-corrected chi connectivity index (χ3v) is 6.12. The van der Waals surface area contributed by atoms with Crippen LogP contribution in [-0.4, -0.2) is 28.8 Å². The topological polar surface area (TPSA) is 95.9 Å². The zero-order valence-electron chi connectivity index (χ0n) is 15.1. The average Bonchev–Trinajstić information content (AvgIpc) is 3.01. The molecule has 2 aromatic carbocycles. The fourth-order valence-electron chi connectivity index (χ4n) is 2.67. The molecule has 0 amide bonds. The van der Waals surface area contributed by atoms with Crippen molar-refractivity contribution in [3.8, 4) is 16.2 Å². The van der Waals surface area contributed by atoms with Gasteiger partial charge in [0, 0.05) is 18.3 Å². The van der Waals surface area contributed by atoms with Crippen LogP contribution >= 0.6 is 27.3 Å². The van der Waals surface area contributed by atoms with Crippen LogP contribution in [0.2, 0.25) is 0 Å². The molecule has 0 fully saturated rings. The van der Waals surface area contributed by atoms with Gasteiger partial charge in [-0.05, 0) is 45.3 Å². The van der Waals surface area contributed by atoms with E-state index in [1.54, 1.807) is 24.3 Å². The lowest BCUT2D eigenvalue weighted by atomic mass is 10.1. The number of nitrogens with one attached hydrogen (secondary N) is 1. The summed E-state index contributed by atoms with van der Waals surface area (Å²) in [4.78, 5) is 22.7. The molecule has 30 heavy (non-hydrogen) atoms. The van der Waals surface area contributed by atoms with Crippen LogP contribution in [0.5, 0.6) is 5.75 Å². The van der Waals surface area contributed by atoms with Crippen molar-refractivity contribution in [3.63, 3.8) is 0 Å². The highest BCUT2D eigenvalue weighted by molar-refractivity contribution is 9.10. The zero-order valence-corrected chi connectivity index (χ0v) is 17.5. The molecule has 0 saturated carbocycles. The summed E-state index contributed by atoms with van der Waals surface area (Å²) < 4.78 is 32.1. The van der Waals surface area contributed by atoms with Gasteiger partial charge in [0.25, 0.3) is 0 Å². The standard InChI is InChI=1S/C20H14BrF2NO5S/c21-16-17(29-9-15(25)26)19(20(27)28)30-18(16)11-3-1-2-10(4-11)8-24-14-6-12(22)5-13(23)7-14/h1-7,24H,8-9H2,(H,25,26)(H,27,28). The molecule has 0 bridgehead atoms. The Morgan fingerprint density at radius 1 is 1.10 bits per heavy atom. The first-order valence-corrected chi connectivity index (χ1v) is 10.0. The Hall–Kier alpha value is -2.98. The first-order valence-electron chi connectivity index (χ1n) is 8.44. The van der Waals surface area contributed by atoms with Crippen LogP contribution < -0.4 is 10.1 Å². The summed E-state index contributed by atoms with van der Waals surface area (Å²) in [6, 6.07) is 10.2. The Balaban J connectivity index is 1.87. The number of halogens is 3. The summed E-state index contributed by atoms with van der Waals surface area (Å²) in [5, 5.41) is 21.2. The summed E-state index contributed by atoms with van der Waals surface area (Å²) in [5.41, 5.74) is 1.74. The summed E-state index contributed by atoms with van der Waals surface area (Å²) >= 11 is 4.25. The lowest BCUT2D eigenvalue weighted by Gasteiger charge is -2.09. The molecule has 1 heterocycles. The van der Waals surface area contributed by atoms with Crippen LogP contribution in [-0.2, 0) is 11.3 Å². The van der Waals surface area contributed by atoms with E-state index in [9.17, 15) is 23.5 Å². The molecule has 0 aliphatic heterocycles. The highest BCUT2D eigenvalue weighted by Gasteiger charge is 2.24. The van der Waals surface area contributed by atoms with Crippen LogP contribution in [0.1, 0.15) is 15.2 Å². The van der Waals surface area contributed by atoms with Gasteiger partial charge in [-0.25, -0.2) is 18.4 Å². The van der Waals surface area contributed by atoms with Crippen molar-refractivity contribution >= 4 is 44.9 Å². The Morgan fingerprint density at radius 2 is 1.80 bits per heavy atom. The monoisotopic (exact) mass is 497 g/mol. The lowest BCUT2D eigenvalue weighted by molar-refractivity contribution is -0.139. The van der Waals surface area contributed by atoms with Crippen molar-refractivity contribution < 1.29 is 33.3 Å². The second-order valence-electron chi connectivity index (χ2n) is 6.10. The van der Waals surface area contributed by atoms with Gasteiger partial charge in [-0.15, -0.1) is 11.3 Å². The zero-order chi connectivity index (χ0) is 21.8. The molecule has 0 atom stereocenters. The highest BCUT2D eigenvalue weighted by atomic mass is 79.9. The highest BCUT2D eigenvalue weighted by Crippen LogP contribution is 2.45. The number of carboxylic acids is 2. The van der Waals surface area contributed by atoms with Gasteiger partial charge in [-0.1, -0.05) is 18.2 Å². The van der Waals surface area contributed by atoms with Crippen molar-refractivity contribution in [2.45, 2.75) is 6.54 Å².